The van der Waals surface area contributed by atoms with Crippen LogP contribution in [-0.2, 0) is 4.79 Å². The number of hydrogen-bond donors (Lipinski definition) is 0. The predicted octanol–water partition coefficient (Wildman–Crippen LogP) is 4.77. The Kier molecular flexibility index (Phi) is 5.80. The summed E-state index contributed by atoms with van der Waals surface area (Å²) in [6.07, 6.45) is 1.72. The van der Waals surface area contributed by atoms with Gasteiger partial charge in [0.15, 0.2) is 5.78 Å². The van der Waals surface area contributed by atoms with Gasteiger partial charge in [-0.15, -0.1) is 0 Å². The van der Waals surface area contributed by atoms with E-state index in [2.05, 4.69) is 19.6 Å². The lowest BCUT2D eigenvalue weighted by Gasteiger charge is -2.45. The van der Waals surface area contributed by atoms with E-state index >= 15 is 0 Å². The van der Waals surface area contributed by atoms with Gasteiger partial charge in [0.1, 0.15) is 0 Å². The average Bonchev–Trinajstić information content (AvgIpc) is 2.67. The first kappa shape index (κ1) is 23.0. The first-order chi connectivity index (χ1) is 13.9. The summed E-state index contributed by atoms with van der Waals surface area (Å²) in [5.74, 6) is -0.669. The van der Waals surface area contributed by atoms with E-state index < -0.39 is 32.8 Å². The summed E-state index contributed by atoms with van der Waals surface area (Å²) in [6, 6.07) is 16.7. The molecule has 0 unspecified atom stereocenters. The molecule has 0 bridgehead atoms. The molecule has 0 spiro atoms. The SMILES string of the molecule is C[Si](C)(C)C1=C([Si](C)(C)C)/C(=C\c2ccccc2)C(C#N)(C#N)C(C#N)(C#N)C1=O. The summed E-state index contributed by atoms with van der Waals surface area (Å²) < 4.78 is 0. The molecule has 0 aliphatic heterocycles. The Balaban J connectivity index is 3.26. The summed E-state index contributed by atoms with van der Waals surface area (Å²) in [6.45, 7) is 12.1. The number of allylic oxidation sites excluding steroid dienone is 3. The summed E-state index contributed by atoms with van der Waals surface area (Å²) in [5, 5.41) is 41.8. The topological polar surface area (TPSA) is 112 Å². The molecule has 0 fully saturated rings. The highest BCUT2D eigenvalue weighted by atomic mass is 28.3. The maximum atomic E-state index is 13.8. The Labute approximate surface area is 180 Å². The number of benzene rings is 1. The van der Waals surface area contributed by atoms with E-state index in [0.29, 0.717) is 10.8 Å². The molecule has 5 nitrogen and oxygen atoms in total. The molecule has 1 aromatic rings. The maximum Gasteiger partial charge on any atom is 0.240 e. The van der Waals surface area contributed by atoms with Crippen molar-refractivity contribution in [2.24, 2.45) is 10.8 Å². The van der Waals surface area contributed by atoms with Crippen LogP contribution in [0.3, 0.4) is 0 Å². The van der Waals surface area contributed by atoms with Crippen LogP contribution in [0.1, 0.15) is 5.56 Å². The number of carbonyl (C=O) groups excluding carboxylic acids is 1. The fourth-order valence-electron chi connectivity index (χ4n) is 3.99. The largest absolute Gasteiger partial charge is 0.292 e. The highest BCUT2D eigenvalue weighted by molar-refractivity contribution is 6.93. The van der Waals surface area contributed by atoms with Crippen LogP contribution in [0.2, 0.25) is 39.3 Å². The monoisotopic (exact) mass is 428 g/mol. The lowest BCUT2D eigenvalue weighted by atomic mass is 9.57. The lowest BCUT2D eigenvalue weighted by molar-refractivity contribution is -0.121. The van der Waals surface area contributed by atoms with Crippen LogP contribution < -0.4 is 0 Å². The van der Waals surface area contributed by atoms with E-state index in [0.717, 1.165) is 10.8 Å². The van der Waals surface area contributed by atoms with Crippen molar-refractivity contribution in [3.63, 3.8) is 0 Å². The van der Waals surface area contributed by atoms with Crippen molar-refractivity contribution >= 4 is 28.0 Å². The number of rotatable bonds is 3. The van der Waals surface area contributed by atoms with Gasteiger partial charge in [-0.1, -0.05) is 74.8 Å². The number of nitrogens with zero attached hydrogens (tertiary/aromatic N) is 4. The third kappa shape index (κ3) is 3.23. The Morgan fingerprint density at radius 1 is 0.733 bits per heavy atom. The number of carbonyl (C=O) groups is 1. The number of nitriles is 4. The Morgan fingerprint density at radius 3 is 1.53 bits per heavy atom. The molecule has 2 rings (SSSR count). The predicted molar refractivity (Wildman–Crippen MR) is 120 cm³/mol. The molecule has 0 atom stereocenters. The van der Waals surface area contributed by atoms with Gasteiger partial charge in [0, 0.05) is 0 Å². The lowest BCUT2D eigenvalue weighted by Crippen LogP contribution is -2.56. The van der Waals surface area contributed by atoms with Crippen molar-refractivity contribution in [2.45, 2.75) is 39.3 Å². The molecule has 1 aliphatic rings. The van der Waals surface area contributed by atoms with E-state index in [1.807, 2.05) is 62.1 Å². The molecule has 0 amide bonds. The van der Waals surface area contributed by atoms with Crippen LogP contribution in [0, 0.1) is 56.2 Å². The molecule has 0 N–H and O–H groups in total. The van der Waals surface area contributed by atoms with Crippen molar-refractivity contribution in [3.05, 3.63) is 51.9 Å². The van der Waals surface area contributed by atoms with Gasteiger partial charge < -0.3 is 0 Å². The minimum Gasteiger partial charge on any atom is -0.292 e. The minimum absolute atomic E-state index is 0.331. The molecule has 150 valence electrons. The highest BCUT2D eigenvalue weighted by Gasteiger charge is 2.67. The van der Waals surface area contributed by atoms with Crippen LogP contribution in [0.25, 0.3) is 6.08 Å². The zero-order valence-corrected chi connectivity index (χ0v) is 20.2. The molecule has 0 aromatic heterocycles. The van der Waals surface area contributed by atoms with Crippen molar-refractivity contribution in [1.29, 1.82) is 21.0 Å². The van der Waals surface area contributed by atoms with Crippen LogP contribution in [0.5, 0.6) is 0 Å². The quantitative estimate of drug-likeness (QED) is 0.643. The Morgan fingerprint density at radius 2 is 1.17 bits per heavy atom. The van der Waals surface area contributed by atoms with E-state index in [1.165, 1.54) is 0 Å². The van der Waals surface area contributed by atoms with Crippen molar-refractivity contribution in [1.82, 2.24) is 0 Å². The molecule has 0 saturated heterocycles. The Bertz CT molecular complexity index is 1090. The zero-order valence-electron chi connectivity index (χ0n) is 18.2. The molecule has 30 heavy (non-hydrogen) atoms. The van der Waals surface area contributed by atoms with Crippen molar-refractivity contribution in [3.8, 4) is 24.3 Å². The van der Waals surface area contributed by atoms with Gasteiger partial charge in [-0.3, -0.25) is 4.79 Å². The van der Waals surface area contributed by atoms with Crippen LogP contribution in [0.15, 0.2) is 46.3 Å². The third-order valence-electron chi connectivity index (χ3n) is 5.33. The second kappa shape index (κ2) is 7.54. The number of ketones is 1. The fourth-order valence-corrected chi connectivity index (χ4v) is 9.93. The van der Waals surface area contributed by atoms with Gasteiger partial charge in [0.05, 0.1) is 40.4 Å². The normalized spacial score (nSPS) is 19.4. The van der Waals surface area contributed by atoms with Gasteiger partial charge in [0.2, 0.25) is 10.8 Å². The van der Waals surface area contributed by atoms with Crippen LogP contribution in [-0.4, -0.2) is 21.9 Å². The van der Waals surface area contributed by atoms with Gasteiger partial charge >= 0.3 is 0 Å². The molecule has 0 saturated carbocycles. The highest BCUT2D eigenvalue weighted by Crippen LogP contribution is 2.56. The maximum absolute atomic E-state index is 13.8. The summed E-state index contributed by atoms with van der Waals surface area (Å²) in [5.41, 5.74) is -3.54. The van der Waals surface area contributed by atoms with Gasteiger partial charge in [-0.25, -0.2) is 0 Å². The second-order valence-electron chi connectivity index (χ2n) is 9.50. The second-order valence-corrected chi connectivity index (χ2v) is 19.5. The van der Waals surface area contributed by atoms with Crippen molar-refractivity contribution < 1.29 is 4.79 Å². The summed E-state index contributed by atoms with van der Waals surface area (Å²) >= 11 is 0. The standard InChI is InChI=1S/C23H24N4OSi2/c1-29(2,3)19-18(12-17-10-8-7-9-11-17)22(13-24,14-25)23(15-26,16-27)21(28)20(19)30(4,5)6/h7-12H,1-6H3/b18-12+. The van der Waals surface area contributed by atoms with Gasteiger partial charge in [0.25, 0.3) is 0 Å². The molecule has 7 heteroatoms. The van der Waals surface area contributed by atoms with Crippen molar-refractivity contribution in [2.75, 3.05) is 0 Å². The summed E-state index contributed by atoms with van der Waals surface area (Å²) in [4.78, 5) is 13.8. The Hall–Kier alpha value is -3.24. The smallest absolute Gasteiger partial charge is 0.240 e. The van der Waals surface area contributed by atoms with E-state index in [9.17, 15) is 25.8 Å². The number of hydrogen-bond acceptors (Lipinski definition) is 5. The zero-order chi connectivity index (χ0) is 23.0. The third-order valence-corrected chi connectivity index (χ3v) is 9.58. The van der Waals surface area contributed by atoms with E-state index in [-0.39, 0.29) is 0 Å². The average molecular weight is 429 g/mol. The first-order valence-corrected chi connectivity index (χ1v) is 16.6. The minimum atomic E-state index is -2.41. The molecule has 1 aromatic carbocycles. The molecule has 1 aliphatic carbocycles. The van der Waals surface area contributed by atoms with Gasteiger partial charge in [-0.2, -0.15) is 21.0 Å². The first-order valence-electron chi connectivity index (χ1n) is 9.59. The molecule has 0 heterocycles. The number of Topliss-reactive ketones (excluding diaryl/α,β-unsaturated/α-hetero) is 1. The van der Waals surface area contributed by atoms with Crippen LogP contribution in [0.4, 0.5) is 0 Å². The van der Waals surface area contributed by atoms with Crippen LogP contribution >= 0.6 is 0 Å². The molecular weight excluding hydrogens is 404 g/mol. The van der Waals surface area contributed by atoms with E-state index in [4.69, 9.17) is 0 Å². The van der Waals surface area contributed by atoms with E-state index in [1.54, 1.807) is 18.2 Å². The van der Waals surface area contributed by atoms with Gasteiger partial charge in [-0.05, 0) is 22.4 Å². The molecular formula is C23H24N4OSi2. The molecule has 0 radical (unpaired) electrons. The summed E-state index contributed by atoms with van der Waals surface area (Å²) in [7, 11) is -4.65. The fraction of sp³-hybridized carbons (Fsp3) is 0.348.